The molecule has 2 aromatic heterocycles. The number of benzene rings is 2. The van der Waals surface area contributed by atoms with E-state index in [1.807, 2.05) is 0 Å². The third-order valence-corrected chi connectivity index (χ3v) is 11.6. The van der Waals surface area contributed by atoms with E-state index in [-0.39, 0.29) is 0 Å². The van der Waals surface area contributed by atoms with Crippen LogP contribution in [0.25, 0.3) is 38.4 Å². The van der Waals surface area contributed by atoms with Crippen LogP contribution in [-0.4, -0.2) is 8.07 Å². The number of aryl methyl sites for hydroxylation is 2. The van der Waals surface area contributed by atoms with E-state index in [9.17, 15) is 0 Å². The maximum atomic E-state index is 6.81. The summed E-state index contributed by atoms with van der Waals surface area (Å²) in [6.07, 6.45) is 9.86. The number of aromatic nitrogens is 1. The van der Waals surface area contributed by atoms with Crippen molar-refractivity contribution in [2.45, 2.75) is 45.7 Å². The predicted octanol–water partition coefficient (Wildman–Crippen LogP) is 7.44. The summed E-state index contributed by atoms with van der Waals surface area (Å²) in [5.74, 6) is 0. The first kappa shape index (κ1) is 19.7. The smallest absolute Gasteiger partial charge is 0.216 e. The van der Waals surface area contributed by atoms with Crippen LogP contribution in [0.2, 0.25) is 13.1 Å². The molecule has 0 spiro atoms. The summed E-state index contributed by atoms with van der Waals surface area (Å²) in [6, 6.07) is 17.6. The van der Waals surface area contributed by atoms with E-state index in [2.05, 4.69) is 92.4 Å². The van der Waals surface area contributed by atoms with Crippen LogP contribution in [0.3, 0.4) is 0 Å². The highest BCUT2D eigenvalue weighted by atomic mass is 28.3. The number of pyridine rings is 1. The average Bonchev–Trinajstić information content (AvgIpc) is 3.29. The lowest BCUT2D eigenvalue weighted by Gasteiger charge is -2.27. The Balaban J connectivity index is 1.62. The Labute approximate surface area is 190 Å². The predicted molar refractivity (Wildman–Crippen MR) is 136 cm³/mol. The second kappa shape index (κ2) is 7.04. The van der Waals surface area contributed by atoms with E-state index in [1.165, 1.54) is 58.8 Å². The van der Waals surface area contributed by atoms with Gasteiger partial charge in [-0.25, -0.2) is 4.57 Å². The molecule has 0 atom stereocenters. The number of rotatable bonds is 2. The lowest BCUT2D eigenvalue weighted by Crippen LogP contribution is -2.30. The molecule has 160 valence electrons. The first-order chi connectivity index (χ1) is 15.5. The molecule has 0 saturated carbocycles. The standard InChI is InChI=1S/C29H30NOSi/c1-19-15-16-22-21-11-9-12-23(26-18-20-10-5-6-14-25(20)32(26,3)4)28(21)31-29(22)27(19)24-13-7-8-17-30(24)2/h7-9,11-13,15-18H,5-6,10,14H2,1-4H3/q+1. The van der Waals surface area contributed by atoms with Crippen molar-refractivity contribution in [3.8, 4) is 11.3 Å². The molecule has 0 fully saturated rings. The molecule has 2 aliphatic rings. The maximum absolute atomic E-state index is 6.81. The van der Waals surface area contributed by atoms with E-state index < -0.39 is 8.07 Å². The van der Waals surface area contributed by atoms with Gasteiger partial charge in [-0.05, 0) is 49.4 Å². The highest BCUT2D eigenvalue weighted by Crippen LogP contribution is 2.48. The minimum Gasteiger partial charge on any atom is -0.455 e. The SMILES string of the molecule is Cc1ccc2c(oc3c(C4=CC5=C(CCCC5)[Si]4(C)C)cccc32)c1-c1cccc[n+]1C. The fraction of sp³-hybridized carbons (Fsp3) is 0.276. The van der Waals surface area contributed by atoms with Gasteiger partial charge in [-0.15, -0.1) is 0 Å². The number of nitrogens with zero attached hydrogens (tertiary/aromatic N) is 1. The summed E-state index contributed by atoms with van der Waals surface area (Å²) < 4.78 is 9.00. The quantitative estimate of drug-likeness (QED) is 0.236. The van der Waals surface area contributed by atoms with Crippen molar-refractivity contribution < 1.29 is 8.98 Å². The molecule has 3 heteroatoms. The summed E-state index contributed by atoms with van der Waals surface area (Å²) in [4.78, 5) is 0. The Morgan fingerprint density at radius 1 is 0.875 bits per heavy atom. The van der Waals surface area contributed by atoms with Crippen molar-refractivity contribution in [2.24, 2.45) is 7.05 Å². The van der Waals surface area contributed by atoms with Crippen LogP contribution in [0.15, 0.2) is 76.0 Å². The molecular weight excluding hydrogens is 406 g/mol. The molecule has 0 unspecified atom stereocenters. The molecule has 0 bridgehead atoms. The van der Waals surface area contributed by atoms with Gasteiger partial charge in [0.2, 0.25) is 5.69 Å². The number of hydrogen-bond donors (Lipinski definition) is 0. The molecule has 1 aliphatic heterocycles. The van der Waals surface area contributed by atoms with Gasteiger partial charge in [0.25, 0.3) is 0 Å². The molecule has 2 aromatic carbocycles. The van der Waals surface area contributed by atoms with Gasteiger partial charge in [0.15, 0.2) is 6.20 Å². The minimum absolute atomic E-state index is 1.00. The normalized spacial score (nSPS) is 17.8. The second-order valence-electron chi connectivity index (χ2n) is 10.0. The lowest BCUT2D eigenvalue weighted by atomic mass is 9.98. The van der Waals surface area contributed by atoms with E-state index in [1.54, 1.807) is 16.0 Å². The van der Waals surface area contributed by atoms with Crippen LogP contribution in [0.1, 0.15) is 36.8 Å². The zero-order chi connectivity index (χ0) is 22.0. The Morgan fingerprint density at radius 3 is 2.50 bits per heavy atom. The maximum Gasteiger partial charge on any atom is 0.216 e. The zero-order valence-corrected chi connectivity index (χ0v) is 20.5. The molecule has 0 N–H and O–H groups in total. The molecule has 0 amide bonds. The summed E-state index contributed by atoms with van der Waals surface area (Å²) >= 11 is 0. The molecule has 1 aliphatic carbocycles. The fourth-order valence-electron chi connectivity index (χ4n) is 6.01. The van der Waals surface area contributed by atoms with Crippen LogP contribution in [-0.2, 0) is 7.05 Å². The van der Waals surface area contributed by atoms with Crippen LogP contribution < -0.4 is 4.57 Å². The monoisotopic (exact) mass is 436 g/mol. The van der Waals surface area contributed by atoms with E-state index in [0.717, 1.165) is 11.2 Å². The highest BCUT2D eigenvalue weighted by molar-refractivity contribution is 7.01. The van der Waals surface area contributed by atoms with E-state index in [0.29, 0.717) is 0 Å². The van der Waals surface area contributed by atoms with Crippen LogP contribution in [0.5, 0.6) is 0 Å². The van der Waals surface area contributed by atoms with Crippen molar-refractivity contribution in [1.29, 1.82) is 0 Å². The summed E-state index contributed by atoms with van der Waals surface area (Å²) in [7, 11) is 0.447. The molecule has 0 radical (unpaired) electrons. The first-order valence-electron chi connectivity index (χ1n) is 11.8. The van der Waals surface area contributed by atoms with Crippen molar-refractivity contribution in [1.82, 2.24) is 0 Å². The molecule has 2 nitrogen and oxygen atoms in total. The number of fused-ring (bicyclic) bond motifs is 3. The summed E-state index contributed by atoms with van der Waals surface area (Å²) in [5.41, 5.74) is 8.62. The van der Waals surface area contributed by atoms with Crippen molar-refractivity contribution in [3.63, 3.8) is 0 Å². The largest absolute Gasteiger partial charge is 0.455 e. The van der Waals surface area contributed by atoms with Gasteiger partial charge in [-0.2, -0.15) is 0 Å². The van der Waals surface area contributed by atoms with Crippen molar-refractivity contribution in [3.05, 3.63) is 82.7 Å². The molecule has 3 heterocycles. The van der Waals surface area contributed by atoms with Crippen LogP contribution >= 0.6 is 0 Å². The number of allylic oxidation sites excluding steroid dienone is 3. The van der Waals surface area contributed by atoms with Gasteiger partial charge in [0.05, 0.1) is 5.56 Å². The first-order valence-corrected chi connectivity index (χ1v) is 14.8. The molecule has 4 aromatic rings. The topological polar surface area (TPSA) is 17.0 Å². The Morgan fingerprint density at radius 2 is 1.69 bits per heavy atom. The molecule has 6 rings (SSSR count). The third kappa shape index (κ3) is 2.74. The van der Waals surface area contributed by atoms with Gasteiger partial charge < -0.3 is 4.42 Å². The second-order valence-corrected chi connectivity index (χ2v) is 14.4. The Bertz CT molecular complexity index is 1470. The summed E-state index contributed by atoms with van der Waals surface area (Å²) in [5, 5.41) is 5.77. The van der Waals surface area contributed by atoms with Crippen LogP contribution in [0, 0.1) is 6.92 Å². The Kier molecular flexibility index (Phi) is 4.35. The van der Waals surface area contributed by atoms with Gasteiger partial charge in [0.1, 0.15) is 26.3 Å². The number of para-hydroxylation sites is 1. The van der Waals surface area contributed by atoms with Gasteiger partial charge in [-0.1, -0.05) is 60.3 Å². The average molecular weight is 437 g/mol. The van der Waals surface area contributed by atoms with Gasteiger partial charge >= 0.3 is 0 Å². The van der Waals surface area contributed by atoms with Crippen molar-refractivity contribution in [2.75, 3.05) is 0 Å². The minimum atomic E-state index is -1.66. The zero-order valence-electron chi connectivity index (χ0n) is 19.5. The van der Waals surface area contributed by atoms with E-state index in [4.69, 9.17) is 4.42 Å². The Hall–Kier alpha value is -2.91. The summed E-state index contributed by atoms with van der Waals surface area (Å²) in [6.45, 7) is 7.25. The lowest BCUT2D eigenvalue weighted by molar-refractivity contribution is -0.660. The highest BCUT2D eigenvalue weighted by Gasteiger charge is 2.39. The van der Waals surface area contributed by atoms with E-state index >= 15 is 0 Å². The number of hydrogen-bond acceptors (Lipinski definition) is 1. The van der Waals surface area contributed by atoms with Crippen molar-refractivity contribution >= 4 is 35.2 Å². The molecular formula is C29H30NOSi+. The van der Waals surface area contributed by atoms with Gasteiger partial charge in [0, 0.05) is 28.5 Å². The fourth-order valence-corrected chi connectivity index (χ4v) is 9.54. The third-order valence-electron chi connectivity index (χ3n) is 7.73. The van der Waals surface area contributed by atoms with Crippen LogP contribution in [0.4, 0.5) is 0 Å². The molecule has 0 saturated heterocycles. The molecule has 32 heavy (non-hydrogen) atoms. The number of furan rings is 1. The van der Waals surface area contributed by atoms with Gasteiger partial charge in [-0.3, -0.25) is 0 Å².